The number of amides is 2. The van der Waals surface area contributed by atoms with Crippen LogP contribution >= 0.6 is 11.6 Å². The van der Waals surface area contributed by atoms with Gasteiger partial charge in [-0.1, -0.05) is 29.8 Å². The molecular formula is C18H17ClN2O2. The van der Waals surface area contributed by atoms with Gasteiger partial charge < -0.3 is 5.32 Å². The van der Waals surface area contributed by atoms with Crippen LogP contribution < -0.4 is 10.2 Å². The van der Waals surface area contributed by atoms with E-state index in [0.717, 1.165) is 16.8 Å². The normalized spacial score (nSPS) is 17.7. The Kier molecular flexibility index (Phi) is 4.09. The molecule has 0 aromatic heterocycles. The maximum absolute atomic E-state index is 12.7. The van der Waals surface area contributed by atoms with Crippen molar-refractivity contribution in [2.45, 2.75) is 26.3 Å². The molecule has 1 aliphatic heterocycles. The Balaban J connectivity index is 1.87. The molecule has 0 unspecified atom stereocenters. The Morgan fingerprint density at radius 1 is 1.04 bits per heavy atom. The number of para-hydroxylation sites is 1. The molecule has 2 aromatic rings. The van der Waals surface area contributed by atoms with E-state index in [2.05, 4.69) is 5.32 Å². The fourth-order valence-electron chi connectivity index (χ4n) is 2.89. The van der Waals surface area contributed by atoms with Crippen molar-refractivity contribution in [1.29, 1.82) is 0 Å². The lowest BCUT2D eigenvalue weighted by Gasteiger charge is -2.20. The van der Waals surface area contributed by atoms with Crippen molar-refractivity contribution in [2.75, 3.05) is 10.2 Å². The number of imide groups is 1. The number of nitrogens with one attached hydrogen (secondary N) is 1. The van der Waals surface area contributed by atoms with Crippen LogP contribution in [0.2, 0.25) is 5.02 Å². The highest BCUT2D eigenvalue weighted by Crippen LogP contribution is 2.30. The van der Waals surface area contributed by atoms with E-state index in [9.17, 15) is 9.59 Å². The van der Waals surface area contributed by atoms with Gasteiger partial charge in [-0.3, -0.25) is 9.59 Å². The smallest absolute Gasteiger partial charge is 0.256 e. The van der Waals surface area contributed by atoms with E-state index in [-0.39, 0.29) is 18.2 Å². The highest BCUT2D eigenvalue weighted by molar-refractivity contribution is 6.30. The third-order valence-electron chi connectivity index (χ3n) is 3.99. The predicted octanol–water partition coefficient (Wildman–Crippen LogP) is 3.70. The largest absolute Gasteiger partial charge is 0.373 e. The van der Waals surface area contributed by atoms with Crippen LogP contribution in [0, 0.1) is 13.8 Å². The molecule has 0 bridgehead atoms. The fourth-order valence-corrected chi connectivity index (χ4v) is 3.01. The summed E-state index contributed by atoms with van der Waals surface area (Å²) < 4.78 is 0. The van der Waals surface area contributed by atoms with Gasteiger partial charge in [0, 0.05) is 10.7 Å². The Hall–Kier alpha value is -2.33. The summed E-state index contributed by atoms with van der Waals surface area (Å²) in [5.41, 5.74) is 3.30. The molecule has 118 valence electrons. The number of carbonyl (C=O) groups is 2. The number of halogens is 1. The van der Waals surface area contributed by atoms with Crippen molar-refractivity contribution in [1.82, 2.24) is 0 Å². The second kappa shape index (κ2) is 6.05. The lowest BCUT2D eigenvalue weighted by Crippen LogP contribution is -2.35. The van der Waals surface area contributed by atoms with Gasteiger partial charge in [0.15, 0.2) is 0 Å². The van der Waals surface area contributed by atoms with Crippen molar-refractivity contribution in [3.05, 3.63) is 58.6 Å². The van der Waals surface area contributed by atoms with E-state index in [1.807, 2.05) is 32.0 Å². The molecule has 2 aromatic carbocycles. The maximum atomic E-state index is 12.7. The lowest BCUT2D eigenvalue weighted by molar-refractivity contribution is -0.121. The molecule has 0 aliphatic carbocycles. The molecule has 1 fully saturated rings. The van der Waals surface area contributed by atoms with Crippen molar-refractivity contribution in [3.63, 3.8) is 0 Å². The number of rotatable bonds is 3. The first-order valence-corrected chi connectivity index (χ1v) is 7.80. The Morgan fingerprint density at radius 2 is 1.65 bits per heavy atom. The van der Waals surface area contributed by atoms with Crippen LogP contribution in [0.4, 0.5) is 11.4 Å². The summed E-state index contributed by atoms with van der Waals surface area (Å²) in [5.74, 6) is -0.402. The topological polar surface area (TPSA) is 49.4 Å². The van der Waals surface area contributed by atoms with Crippen LogP contribution in [0.15, 0.2) is 42.5 Å². The van der Waals surface area contributed by atoms with Crippen molar-refractivity contribution >= 4 is 34.8 Å². The Bertz CT molecular complexity index is 751. The number of nitrogens with zero attached hydrogens (tertiary/aromatic N) is 1. The van der Waals surface area contributed by atoms with Gasteiger partial charge in [-0.25, -0.2) is 4.90 Å². The summed E-state index contributed by atoms with van der Waals surface area (Å²) in [6, 6.07) is 12.3. The fraction of sp³-hybridized carbons (Fsp3) is 0.222. The summed E-state index contributed by atoms with van der Waals surface area (Å²) in [5, 5.41) is 3.74. The SMILES string of the molecule is Cc1cccc(C)c1N1C(=O)C[C@@H](Nc2ccc(Cl)cc2)C1=O. The van der Waals surface area contributed by atoms with Gasteiger partial charge in [0.05, 0.1) is 12.1 Å². The molecule has 1 heterocycles. The van der Waals surface area contributed by atoms with Crippen molar-refractivity contribution in [2.24, 2.45) is 0 Å². The second-order valence-corrected chi connectivity index (χ2v) is 6.15. The zero-order valence-corrected chi connectivity index (χ0v) is 13.7. The minimum absolute atomic E-state index is 0.148. The predicted molar refractivity (Wildman–Crippen MR) is 91.9 cm³/mol. The molecule has 4 nitrogen and oxygen atoms in total. The molecule has 0 spiro atoms. The first-order chi connectivity index (χ1) is 11.0. The van der Waals surface area contributed by atoms with Crippen molar-refractivity contribution < 1.29 is 9.59 Å². The molecule has 0 saturated carbocycles. The molecular weight excluding hydrogens is 312 g/mol. The number of anilines is 2. The van der Waals surface area contributed by atoms with Gasteiger partial charge in [-0.05, 0) is 49.2 Å². The molecule has 1 saturated heterocycles. The zero-order valence-electron chi connectivity index (χ0n) is 13.0. The Morgan fingerprint density at radius 3 is 2.26 bits per heavy atom. The zero-order chi connectivity index (χ0) is 16.6. The average molecular weight is 329 g/mol. The summed E-state index contributed by atoms with van der Waals surface area (Å²) in [6.45, 7) is 3.81. The average Bonchev–Trinajstić information content (AvgIpc) is 2.77. The third kappa shape index (κ3) is 2.94. The van der Waals surface area contributed by atoms with Gasteiger partial charge >= 0.3 is 0 Å². The molecule has 1 aliphatic rings. The standard InChI is InChI=1S/C18H17ClN2O2/c1-11-4-3-5-12(2)17(11)21-16(22)10-15(18(21)23)20-14-8-6-13(19)7-9-14/h3-9,15,20H,10H2,1-2H3/t15-/m1/s1. The monoisotopic (exact) mass is 328 g/mol. The second-order valence-electron chi connectivity index (χ2n) is 5.72. The van der Waals surface area contributed by atoms with E-state index in [1.165, 1.54) is 4.90 Å². The minimum Gasteiger partial charge on any atom is -0.373 e. The number of hydrogen-bond donors (Lipinski definition) is 1. The highest BCUT2D eigenvalue weighted by atomic mass is 35.5. The molecule has 1 N–H and O–H groups in total. The van der Waals surface area contributed by atoms with Gasteiger partial charge in [0.1, 0.15) is 6.04 Å². The maximum Gasteiger partial charge on any atom is 0.256 e. The van der Waals surface area contributed by atoms with Gasteiger partial charge in [-0.2, -0.15) is 0 Å². The minimum atomic E-state index is -0.553. The lowest BCUT2D eigenvalue weighted by atomic mass is 10.1. The number of benzene rings is 2. The molecule has 2 amide bonds. The van der Waals surface area contributed by atoms with E-state index < -0.39 is 6.04 Å². The first-order valence-electron chi connectivity index (χ1n) is 7.42. The van der Waals surface area contributed by atoms with Gasteiger partial charge in [0.25, 0.3) is 5.91 Å². The molecule has 23 heavy (non-hydrogen) atoms. The summed E-state index contributed by atoms with van der Waals surface area (Å²) in [6.07, 6.45) is 0.148. The van der Waals surface area contributed by atoms with Gasteiger partial charge in [0.2, 0.25) is 5.91 Å². The molecule has 0 radical (unpaired) electrons. The van der Waals surface area contributed by atoms with Gasteiger partial charge in [-0.15, -0.1) is 0 Å². The summed E-state index contributed by atoms with van der Waals surface area (Å²) in [4.78, 5) is 26.4. The quantitative estimate of drug-likeness (QED) is 0.874. The summed E-state index contributed by atoms with van der Waals surface area (Å²) >= 11 is 5.86. The number of carbonyl (C=O) groups excluding carboxylic acids is 2. The Labute approximate surface area is 140 Å². The number of hydrogen-bond acceptors (Lipinski definition) is 3. The van der Waals surface area contributed by atoms with Crippen LogP contribution in [0.5, 0.6) is 0 Å². The summed E-state index contributed by atoms with van der Waals surface area (Å²) in [7, 11) is 0. The van der Waals surface area contributed by atoms with Crippen LogP contribution in [0.3, 0.4) is 0 Å². The highest BCUT2D eigenvalue weighted by Gasteiger charge is 2.40. The van der Waals surface area contributed by atoms with Crippen molar-refractivity contribution in [3.8, 4) is 0 Å². The van der Waals surface area contributed by atoms with Crippen LogP contribution in [-0.2, 0) is 9.59 Å². The van der Waals surface area contributed by atoms with Crippen LogP contribution in [-0.4, -0.2) is 17.9 Å². The van der Waals surface area contributed by atoms with E-state index in [0.29, 0.717) is 10.7 Å². The first kappa shape index (κ1) is 15.6. The third-order valence-corrected chi connectivity index (χ3v) is 4.25. The van der Waals surface area contributed by atoms with E-state index in [4.69, 9.17) is 11.6 Å². The van der Waals surface area contributed by atoms with Crippen LogP contribution in [0.1, 0.15) is 17.5 Å². The molecule has 1 atom stereocenters. The molecule has 3 rings (SSSR count). The van der Waals surface area contributed by atoms with E-state index >= 15 is 0 Å². The van der Waals surface area contributed by atoms with Crippen LogP contribution in [0.25, 0.3) is 0 Å². The number of aryl methyl sites for hydroxylation is 2. The van der Waals surface area contributed by atoms with E-state index in [1.54, 1.807) is 24.3 Å². The molecule has 5 heteroatoms.